The Bertz CT molecular complexity index is 855. The normalized spacial score (nSPS) is 17.5. The zero-order valence-electron chi connectivity index (χ0n) is 15.0. The van der Waals surface area contributed by atoms with Crippen molar-refractivity contribution in [2.75, 3.05) is 27.2 Å². The van der Waals surface area contributed by atoms with Gasteiger partial charge in [0, 0.05) is 19.3 Å². The van der Waals surface area contributed by atoms with Gasteiger partial charge in [-0.1, -0.05) is 6.07 Å². The summed E-state index contributed by atoms with van der Waals surface area (Å²) in [5, 5.41) is 10.4. The summed E-state index contributed by atoms with van der Waals surface area (Å²) < 4.78 is 5.41. The monoisotopic (exact) mass is 355 g/mol. The van der Waals surface area contributed by atoms with E-state index >= 15 is 0 Å². The third-order valence-electron chi connectivity index (χ3n) is 4.27. The Balaban J connectivity index is 2.04. The van der Waals surface area contributed by atoms with Gasteiger partial charge in [0.15, 0.2) is 11.5 Å². The molecule has 136 valence electrons. The van der Waals surface area contributed by atoms with Gasteiger partial charge in [0.05, 0.1) is 11.3 Å². The number of ketones is 1. The lowest BCUT2D eigenvalue weighted by Gasteiger charge is -2.27. The molecule has 0 spiro atoms. The zero-order valence-corrected chi connectivity index (χ0v) is 15.0. The Kier molecular flexibility index (Phi) is 4.90. The first-order chi connectivity index (χ1) is 12.4. The summed E-state index contributed by atoms with van der Waals surface area (Å²) in [6, 6.07) is 7.74. The fraction of sp³-hybridized carbons (Fsp3) is 0.316. The maximum absolute atomic E-state index is 13.0. The van der Waals surface area contributed by atoms with Crippen molar-refractivity contribution in [3.05, 3.63) is 65.1 Å². The quantitative estimate of drug-likeness (QED) is 0.799. The van der Waals surface area contributed by atoms with E-state index < -0.39 is 23.5 Å². The van der Waals surface area contributed by atoms with Gasteiger partial charge in [-0.3, -0.25) is 14.6 Å². The van der Waals surface area contributed by atoms with Gasteiger partial charge in [-0.05, 0) is 45.3 Å². The summed E-state index contributed by atoms with van der Waals surface area (Å²) in [6.07, 6.45) is 1.60. The molecule has 1 aliphatic rings. The number of amides is 1. The Hall–Kier alpha value is -2.93. The van der Waals surface area contributed by atoms with Crippen molar-refractivity contribution in [3.63, 3.8) is 0 Å². The second-order valence-corrected chi connectivity index (χ2v) is 6.46. The van der Waals surface area contributed by atoms with E-state index in [0.717, 1.165) is 0 Å². The molecule has 1 aliphatic heterocycles. The van der Waals surface area contributed by atoms with Crippen LogP contribution in [0.3, 0.4) is 0 Å². The lowest BCUT2D eigenvalue weighted by molar-refractivity contribution is -0.129. The number of nitrogens with zero attached hydrogens (tertiary/aromatic N) is 3. The molecule has 0 unspecified atom stereocenters. The lowest BCUT2D eigenvalue weighted by atomic mass is 9.98. The molecule has 1 atom stereocenters. The highest BCUT2D eigenvalue weighted by atomic mass is 16.3. The average Bonchev–Trinajstić information content (AvgIpc) is 3.16. The fourth-order valence-electron chi connectivity index (χ4n) is 2.96. The number of likely N-dealkylation sites (N-methyl/N-ethyl adjacent to an activating group) is 1. The van der Waals surface area contributed by atoms with E-state index in [-0.39, 0.29) is 11.3 Å². The molecule has 2 aromatic rings. The molecule has 2 aromatic heterocycles. The zero-order chi connectivity index (χ0) is 18.8. The van der Waals surface area contributed by atoms with Gasteiger partial charge in [0.25, 0.3) is 5.91 Å². The van der Waals surface area contributed by atoms with Crippen LogP contribution in [-0.2, 0) is 4.79 Å². The van der Waals surface area contributed by atoms with Crippen LogP contribution in [0.15, 0.2) is 52.3 Å². The maximum atomic E-state index is 13.0. The van der Waals surface area contributed by atoms with Crippen LogP contribution in [0.1, 0.15) is 28.1 Å². The van der Waals surface area contributed by atoms with Crippen molar-refractivity contribution in [2.45, 2.75) is 13.0 Å². The number of carbonyl (C=O) groups excluding carboxylic acids is 2. The second-order valence-electron chi connectivity index (χ2n) is 6.46. The number of aryl methyl sites for hydroxylation is 1. The number of hydrogen-bond donors (Lipinski definition) is 1. The first kappa shape index (κ1) is 17.9. The number of furan rings is 1. The number of rotatable bonds is 6. The fourth-order valence-corrected chi connectivity index (χ4v) is 2.96. The second kappa shape index (κ2) is 7.13. The summed E-state index contributed by atoms with van der Waals surface area (Å²) in [5.41, 5.74) is 0.525. The van der Waals surface area contributed by atoms with Crippen LogP contribution >= 0.6 is 0 Å². The summed E-state index contributed by atoms with van der Waals surface area (Å²) in [4.78, 5) is 33.3. The van der Waals surface area contributed by atoms with Crippen molar-refractivity contribution in [1.29, 1.82) is 0 Å². The molecule has 0 saturated carbocycles. The summed E-state index contributed by atoms with van der Waals surface area (Å²) >= 11 is 0. The maximum Gasteiger partial charge on any atom is 0.290 e. The van der Waals surface area contributed by atoms with Gasteiger partial charge >= 0.3 is 0 Å². The highest BCUT2D eigenvalue weighted by molar-refractivity contribution is 6.14. The average molecular weight is 355 g/mol. The predicted molar refractivity (Wildman–Crippen MR) is 94.7 cm³/mol. The first-order valence-electron chi connectivity index (χ1n) is 8.31. The van der Waals surface area contributed by atoms with Crippen LogP contribution in [-0.4, -0.2) is 58.8 Å². The smallest absolute Gasteiger partial charge is 0.290 e. The number of aliphatic hydroxyl groups excluding tert-OH is 1. The topological polar surface area (TPSA) is 86.9 Å². The molecule has 7 nitrogen and oxygen atoms in total. The van der Waals surface area contributed by atoms with Crippen LogP contribution in [0.2, 0.25) is 0 Å². The first-order valence-corrected chi connectivity index (χ1v) is 8.31. The van der Waals surface area contributed by atoms with Gasteiger partial charge in [-0.25, -0.2) is 0 Å². The number of Topliss-reactive ketones (excluding diaryl/α,β-unsaturated/α-hetero) is 1. The molecule has 0 bridgehead atoms. The highest BCUT2D eigenvalue weighted by Crippen LogP contribution is 2.38. The van der Waals surface area contributed by atoms with Crippen molar-refractivity contribution < 1.29 is 19.1 Å². The molecule has 7 heteroatoms. The van der Waals surface area contributed by atoms with Gasteiger partial charge in [-0.2, -0.15) is 0 Å². The molecule has 0 fully saturated rings. The molecule has 0 radical (unpaired) electrons. The van der Waals surface area contributed by atoms with Crippen molar-refractivity contribution in [1.82, 2.24) is 14.8 Å². The molecule has 26 heavy (non-hydrogen) atoms. The number of pyridine rings is 1. The minimum Gasteiger partial charge on any atom is -0.503 e. The van der Waals surface area contributed by atoms with Crippen molar-refractivity contribution >= 4 is 11.7 Å². The van der Waals surface area contributed by atoms with E-state index in [0.29, 0.717) is 24.5 Å². The predicted octanol–water partition coefficient (Wildman–Crippen LogP) is 2.12. The van der Waals surface area contributed by atoms with E-state index in [2.05, 4.69) is 4.98 Å². The van der Waals surface area contributed by atoms with Crippen LogP contribution in [0.4, 0.5) is 0 Å². The molecule has 0 saturated heterocycles. The number of aromatic nitrogens is 1. The molecule has 1 N–H and O–H groups in total. The Morgan fingerprint density at radius 3 is 2.65 bits per heavy atom. The van der Waals surface area contributed by atoms with Crippen molar-refractivity contribution in [2.24, 2.45) is 0 Å². The highest BCUT2D eigenvalue weighted by Gasteiger charge is 2.44. The molecular formula is C19H21N3O4. The Morgan fingerprint density at radius 2 is 2.08 bits per heavy atom. The minimum absolute atomic E-state index is 0.00167. The van der Waals surface area contributed by atoms with E-state index in [1.165, 1.54) is 4.90 Å². The van der Waals surface area contributed by atoms with Crippen LogP contribution < -0.4 is 0 Å². The molecule has 1 amide bonds. The minimum atomic E-state index is -0.749. The van der Waals surface area contributed by atoms with Gasteiger partial charge in [-0.15, -0.1) is 0 Å². The van der Waals surface area contributed by atoms with Crippen LogP contribution in [0.25, 0.3) is 0 Å². The third kappa shape index (κ3) is 3.25. The Labute approximate surface area is 151 Å². The number of carbonyl (C=O) groups is 2. The van der Waals surface area contributed by atoms with Crippen LogP contribution in [0, 0.1) is 6.92 Å². The van der Waals surface area contributed by atoms with Gasteiger partial charge < -0.3 is 19.3 Å². The molecule has 0 aromatic carbocycles. The molecule has 3 heterocycles. The Morgan fingerprint density at radius 1 is 1.31 bits per heavy atom. The number of hydrogen-bond acceptors (Lipinski definition) is 6. The van der Waals surface area contributed by atoms with Crippen LogP contribution in [0.5, 0.6) is 0 Å². The van der Waals surface area contributed by atoms with Gasteiger partial charge in [0.2, 0.25) is 5.78 Å². The lowest BCUT2D eigenvalue weighted by Crippen LogP contribution is -2.37. The van der Waals surface area contributed by atoms with E-state index in [4.69, 9.17) is 4.42 Å². The van der Waals surface area contributed by atoms with Crippen molar-refractivity contribution in [3.8, 4) is 0 Å². The molecule has 3 rings (SSSR count). The van der Waals surface area contributed by atoms with Gasteiger partial charge in [0.1, 0.15) is 11.8 Å². The third-order valence-corrected chi connectivity index (χ3v) is 4.27. The van der Waals surface area contributed by atoms with E-state index in [9.17, 15) is 14.7 Å². The van der Waals surface area contributed by atoms with E-state index in [1.807, 2.05) is 19.0 Å². The summed E-state index contributed by atoms with van der Waals surface area (Å²) in [6.45, 7) is 2.67. The summed E-state index contributed by atoms with van der Waals surface area (Å²) in [7, 11) is 3.78. The summed E-state index contributed by atoms with van der Waals surface area (Å²) in [5.74, 6) is -0.955. The largest absolute Gasteiger partial charge is 0.503 e. The SMILES string of the molecule is Cc1ccc(C(=O)C2=C(O)C(=O)N(CCN(C)C)[C@@H]2c2ccccn2)o1. The standard InChI is InChI=1S/C19H21N3O4/c1-12-7-8-14(26-12)17(23)15-16(13-6-4-5-9-20-13)22(11-10-21(2)3)19(25)18(15)24/h4-9,16,24H,10-11H2,1-3H3/t16-/m1/s1. The van der Waals surface area contributed by atoms with E-state index in [1.54, 1.807) is 43.5 Å². The number of aliphatic hydroxyl groups is 1. The molecular weight excluding hydrogens is 334 g/mol. The molecule has 0 aliphatic carbocycles.